The van der Waals surface area contributed by atoms with E-state index in [4.69, 9.17) is 16.3 Å². The van der Waals surface area contributed by atoms with Crippen LogP contribution in [0.25, 0.3) is 0 Å². The lowest BCUT2D eigenvalue weighted by Crippen LogP contribution is -2.45. The van der Waals surface area contributed by atoms with E-state index in [1.807, 2.05) is 24.3 Å². The van der Waals surface area contributed by atoms with Gasteiger partial charge in [-0.05, 0) is 37.1 Å². The molecule has 0 unspecified atom stereocenters. The van der Waals surface area contributed by atoms with Gasteiger partial charge in [0.15, 0.2) is 0 Å². The summed E-state index contributed by atoms with van der Waals surface area (Å²) in [5.74, 6) is 0. The summed E-state index contributed by atoms with van der Waals surface area (Å²) in [6.07, 6.45) is 2.69. The molecule has 1 N–H and O–H groups in total. The molecule has 1 aromatic rings. The maximum absolute atomic E-state index is 5.91. The van der Waals surface area contributed by atoms with E-state index in [-0.39, 0.29) is 0 Å². The zero-order valence-corrected chi connectivity index (χ0v) is 10.3. The van der Waals surface area contributed by atoms with Gasteiger partial charge in [0, 0.05) is 11.1 Å². The van der Waals surface area contributed by atoms with Crippen LogP contribution in [-0.2, 0) is 11.3 Å². The van der Waals surface area contributed by atoms with Gasteiger partial charge in [0.05, 0.1) is 12.7 Å². The highest BCUT2D eigenvalue weighted by molar-refractivity contribution is 6.30. The maximum atomic E-state index is 5.91. The zero-order chi connectivity index (χ0) is 11.4. The van der Waals surface area contributed by atoms with Crippen LogP contribution in [0.3, 0.4) is 0 Å². The van der Waals surface area contributed by atoms with E-state index in [2.05, 4.69) is 12.2 Å². The maximum Gasteiger partial charge on any atom is 0.0721 e. The molecule has 0 atom stereocenters. The fraction of sp³-hybridized carbons (Fsp3) is 0.538. The van der Waals surface area contributed by atoms with E-state index in [0.717, 1.165) is 30.0 Å². The highest BCUT2D eigenvalue weighted by Crippen LogP contribution is 2.24. The number of hydrogen-bond donors (Lipinski definition) is 1. The summed E-state index contributed by atoms with van der Waals surface area (Å²) in [7, 11) is 0. The van der Waals surface area contributed by atoms with Gasteiger partial charge in [0.2, 0.25) is 0 Å². The van der Waals surface area contributed by atoms with E-state index in [1.54, 1.807) is 0 Å². The molecule has 0 aromatic heterocycles. The molecule has 1 aromatic carbocycles. The van der Waals surface area contributed by atoms with Crippen LogP contribution in [0.15, 0.2) is 24.3 Å². The fourth-order valence-electron chi connectivity index (χ4n) is 2.00. The van der Waals surface area contributed by atoms with E-state index in [0.29, 0.717) is 18.8 Å². The Morgan fingerprint density at radius 2 is 2.25 bits per heavy atom. The summed E-state index contributed by atoms with van der Waals surface area (Å²) >= 11 is 5.91. The molecule has 0 amide bonds. The third-order valence-electron chi connectivity index (χ3n) is 2.96. The van der Waals surface area contributed by atoms with E-state index in [1.165, 1.54) is 0 Å². The van der Waals surface area contributed by atoms with Gasteiger partial charge in [-0.2, -0.15) is 0 Å². The molecule has 0 radical (unpaired) electrons. The lowest BCUT2D eigenvalue weighted by Gasteiger charge is -2.35. The minimum atomic E-state index is 0.419. The third-order valence-corrected chi connectivity index (χ3v) is 3.20. The largest absolute Gasteiger partial charge is 0.373 e. The zero-order valence-electron chi connectivity index (χ0n) is 9.58. The quantitative estimate of drug-likeness (QED) is 0.853. The van der Waals surface area contributed by atoms with Crippen molar-refractivity contribution in [3.63, 3.8) is 0 Å². The lowest BCUT2D eigenvalue weighted by molar-refractivity contribution is -0.0261. The Hall–Kier alpha value is -0.570. The average Bonchev–Trinajstić information content (AvgIpc) is 2.21. The Bertz CT molecular complexity index is 336. The van der Waals surface area contributed by atoms with Gasteiger partial charge in [0.25, 0.3) is 0 Å². The highest BCUT2D eigenvalue weighted by Gasteiger charge is 2.28. The van der Waals surface area contributed by atoms with Crippen LogP contribution >= 0.6 is 11.6 Å². The first kappa shape index (κ1) is 11.9. The summed E-state index contributed by atoms with van der Waals surface area (Å²) in [6, 6.07) is 8.52. The SMILES string of the molecule is CCNC1CC(OCc2cccc(Cl)c2)C1. The molecule has 0 bridgehead atoms. The highest BCUT2D eigenvalue weighted by atomic mass is 35.5. The Balaban J connectivity index is 1.69. The predicted molar refractivity (Wildman–Crippen MR) is 66.7 cm³/mol. The number of benzene rings is 1. The van der Waals surface area contributed by atoms with E-state index >= 15 is 0 Å². The van der Waals surface area contributed by atoms with Crippen LogP contribution in [-0.4, -0.2) is 18.7 Å². The second kappa shape index (κ2) is 5.67. The molecule has 0 spiro atoms. The molecule has 0 heterocycles. The van der Waals surface area contributed by atoms with Crippen molar-refractivity contribution in [2.45, 2.75) is 38.5 Å². The van der Waals surface area contributed by atoms with Crippen molar-refractivity contribution < 1.29 is 4.74 Å². The average molecular weight is 240 g/mol. The second-order valence-corrected chi connectivity index (χ2v) is 4.73. The van der Waals surface area contributed by atoms with Gasteiger partial charge >= 0.3 is 0 Å². The molecule has 1 aliphatic carbocycles. The van der Waals surface area contributed by atoms with Crippen molar-refractivity contribution in [1.29, 1.82) is 0 Å². The van der Waals surface area contributed by atoms with Crippen molar-refractivity contribution in [3.05, 3.63) is 34.9 Å². The van der Waals surface area contributed by atoms with E-state index < -0.39 is 0 Å². The molecule has 16 heavy (non-hydrogen) atoms. The first-order valence-corrected chi connectivity index (χ1v) is 6.25. The van der Waals surface area contributed by atoms with Gasteiger partial charge in [-0.1, -0.05) is 30.7 Å². The Kier molecular flexibility index (Phi) is 4.22. The minimum absolute atomic E-state index is 0.419. The van der Waals surface area contributed by atoms with Gasteiger partial charge in [-0.3, -0.25) is 0 Å². The summed E-state index contributed by atoms with van der Waals surface area (Å²) in [4.78, 5) is 0. The van der Waals surface area contributed by atoms with Gasteiger partial charge in [-0.15, -0.1) is 0 Å². The smallest absolute Gasteiger partial charge is 0.0721 e. The Morgan fingerprint density at radius 3 is 2.94 bits per heavy atom. The van der Waals surface area contributed by atoms with Crippen molar-refractivity contribution >= 4 is 11.6 Å². The van der Waals surface area contributed by atoms with Crippen molar-refractivity contribution in [2.24, 2.45) is 0 Å². The molecule has 1 aliphatic rings. The molecule has 2 nitrogen and oxygen atoms in total. The predicted octanol–water partition coefficient (Wildman–Crippen LogP) is 3.00. The summed E-state index contributed by atoms with van der Waals surface area (Å²) in [6.45, 7) is 3.86. The number of rotatable bonds is 5. The molecule has 88 valence electrons. The molecule has 1 saturated carbocycles. The molecule has 0 aliphatic heterocycles. The molecular formula is C13H18ClNO. The molecule has 1 fully saturated rings. The monoisotopic (exact) mass is 239 g/mol. The summed E-state index contributed by atoms with van der Waals surface area (Å²) in [5.41, 5.74) is 1.15. The van der Waals surface area contributed by atoms with Crippen LogP contribution in [0.4, 0.5) is 0 Å². The Labute approximate surface area is 102 Å². The first-order valence-electron chi connectivity index (χ1n) is 5.87. The summed E-state index contributed by atoms with van der Waals surface area (Å²) < 4.78 is 5.80. The minimum Gasteiger partial charge on any atom is -0.373 e. The van der Waals surface area contributed by atoms with Crippen LogP contribution < -0.4 is 5.32 Å². The van der Waals surface area contributed by atoms with Crippen LogP contribution in [0.5, 0.6) is 0 Å². The van der Waals surface area contributed by atoms with Gasteiger partial charge in [0.1, 0.15) is 0 Å². The molecule has 0 saturated heterocycles. The van der Waals surface area contributed by atoms with Crippen LogP contribution in [0.2, 0.25) is 5.02 Å². The summed E-state index contributed by atoms with van der Waals surface area (Å²) in [5, 5.41) is 4.20. The number of halogens is 1. The third kappa shape index (κ3) is 3.21. The fourth-order valence-corrected chi connectivity index (χ4v) is 2.21. The first-order chi connectivity index (χ1) is 7.78. The van der Waals surface area contributed by atoms with Gasteiger partial charge in [-0.25, -0.2) is 0 Å². The van der Waals surface area contributed by atoms with Crippen LogP contribution in [0.1, 0.15) is 25.3 Å². The number of nitrogens with one attached hydrogen (secondary N) is 1. The van der Waals surface area contributed by atoms with Gasteiger partial charge < -0.3 is 10.1 Å². The van der Waals surface area contributed by atoms with Crippen molar-refractivity contribution in [2.75, 3.05) is 6.54 Å². The topological polar surface area (TPSA) is 21.3 Å². The van der Waals surface area contributed by atoms with Crippen molar-refractivity contribution in [3.8, 4) is 0 Å². The molecule has 3 heteroatoms. The van der Waals surface area contributed by atoms with Crippen LogP contribution in [0, 0.1) is 0 Å². The number of ether oxygens (including phenoxy) is 1. The normalized spacial score (nSPS) is 24.1. The standard InChI is InChI=1S/C13H18ClNO/c1-2-15-12-7-13(8-12)16-9-10-4-3-5-11(14)6-10/h3-6,12-13,15H,2,7-9H2,1H3. The lowest BCUT2D eigenvalue weighted by atomic mass is 9.89. The molecule has 2 rings (SSSR count). The van der Waals surface area contributed by atoms with E-state index in [9.17, 15) is 0 Å². The number of hydrogen-bond acceptors (Lipinski definition) is 2. The molecular weight excluding hydrogens is 222 g/mol. The second-order valence-electron chi connectivity index (χ2n) is 4.29. The van der Waals surface area contributed by atoms with Crippen molar-refractivity contribution in [1.82, 2.24) is 5.32 Å². The Morgan fingerprint density at radius 1 is 1.44 bits per heavy atom.